The zero-order chi connectivity index (χ0) is 9.94. The van der Waals surface area contributed by atoms with E-state index in [1.54, 1.807) is 0 Å². The second-order valence-electron chi connectivity index (χ2n) is 2.60. The van der Waals surface area contributed by atoms with Crippen LogP contribution in [0.1, 0.15) is 19.3 Å². The molecule has 13 heavy (non-hydrogen) atoms. The van der Waals surface area contributed by atoms with E-state index < -0.39 is 6.09 Å². The third-order valence-corrected chi connectivity index (χ3v) is 1.44. The highest BCUT2D eigenvalue weighted by atomic mass is 16.5. The minimum Gasteiger partial charge on any atom is -0.445 e. The van der Waals surface area contributed by atoms with Crippen LogP contribution in [0, 0.1) is 0 Å². The molecule has 0 rings (SSSR count). The Morgan fingerprint density at radius 3 is 2.85 bits per heavy atom. The van der Waals surface area contributed by atoms with Gasteiger partial charge >= 0.3 is 6.09 Å². The number of hydrogen-bond acceptors (Lipinski definition) is 3. The van der Waals surface area contributed by atoms with Crippen LogP contribution in [0.2, 0.25) is 0 Å². The first-order valence-electron chi connectivity index (χ1n) is 4.43. The van der Waals surface area contributed by atoms with Gasteiger partial charge in [-0.3, -0.25) is 0 Å². The van der Waals surface area contributed by atoms with Crippen molar-refractivity contribution in [2.45, 2.75) is 19.3 Å². The van der Waals surface area contributed by atoms with E-state index in [4.69, 9.17) is 5.11 Å². The van der Waals surface area contributed by atoms with Gasteiger partial charge in [-0.25, -0.2) is 4.79 Å². The Morgan fingerprint density at radius 2 is 2.23 bits per heavy atom. The summed E-state index contributed by atoms with van der Waals surface area (Å²) in [4.78, 5) is 10.8. The van der Waals surface area contributed by atoms with E-state index in [1.807, 2.05) is 0 Å². The number of carbonyl (C=O) groups excluding carboxylic acids is 1. The molecule has 0 aliphatic rings. The summed E-state index contributed by atoms with van der Waals surface area (Å²) in [5, 5.41) is 11.1. The molecule has 0 saturated carbocycles. The average molecular weight is 187 g/mol. The van der Waals surface area contributed by atoms with Crippen molar-refractivity contribution in [3.05, 3.63) is 12.7 Å². The van der Waals surface area contributed by atoms with Crippen molar-refractivity contribution in [1.29, 1.82) is 0 Å². The molecule has 0 saturated heterocycles. The van der Waals surface area contributed by atoms with Crippen LogP contribution in [-0.4, -0.2) is 31.0 Å². The second kappa shape index (κ2) is 9.06. The molecule has 0 aromatic heterocycles. The first kappa shape index (κ1) is 12.0. The Bertz CT molecular complexity index is 148. The van der Waals surface area contributed by atoms with E-state index in [9.17, 15) is 4.79 Å². The minimum atomic E-state index is -0.413. The Kier molecular flexibility index (Phi) is 8.34. The van der Waals surface area contributed by atoms with Gasteiger partial charge in [0.2, 0.25) is 0 Å². The van der Waals surface area contributed by atoms with Crippen molar-refractivity contribution in [2.24, 2.45) is 0 Å². The van der Waals surface area contributed by atoms with Gasteiger partial charge < -0.3 is 15.2 Å². The van der Waals surface area contributed by atoms with Gasteiger partial charge in [0.15, 0.2) is 0 Å². The van der Waals surface area contributed by atoms with Gasteiger partial charge in [-0.05, 0) is 19.3 Å². The number of nitrogens with one attached hydrogen (secondary N) is 1. The molecule has 0 heterocycles. The SMILES string of the molecule is C=CCOC(=O)NCCCCCO. The fraction of sp³-hybridized carbons (Fsp3) is 0.667. The van der Waals surface area contributed by atoms with Gasteiger partial charge in [-0.2, -0.15) is 0 Å². The first-order chi connectivity index (χ1) is 6.31. The summed E-state index contributed by atoms with van der Waals surface area (Å²) in [6.45, 7) is 4.46. The average Bonchev–Trinajstić information content (AvgIpc) is 2.14. The van der Waals surface area contributed by atoms with Crippen molar-refractivity contribution >= 4 is 6.09 Å². The maximum Gasteiger partial charge on any atom is 0.407 e. The summed E-state index contributed by atoms with van der Waals surface area (Å²) < 4.78 is 4.68. The van der Waals surface area contributed by atoms with Crippen LogP contribution < -0.4 is 5.32 Å². The third-order valence-electron chi connectivity index (χ3n) is 1.44. The standard InChI is InChI=1S/C9H17NO3/c1-2-8-13-9(12)10-6-4-3-5-7-11/h2,11H,1,3-8H2,(H,10,12). The number of ether oxygens (including phenoxy) is 1. The number of unbranched alkanes of at least 4 members (excludes halogenated alkanes) is 2. The Labute approximate surface area is 78.6 Å². The topological polar surface area (TPSA) is 58.6 Å². The highest BCUT2D eigenvalue weighted by Crippen LogP contribution is 1.92. The number of amides is 1. The summed E-state index contributed by atoms with van der Waals surface area (Å²) in [6.07, 6.45) is 3.67. The van der Waals surface area contributed by atoms with Crippen LogP contribution in [0.25, 0.3) is 0 Å². The van der Waals surface area contributed by atoms with E-state index in [0.29, 0.717) is 6.54 Å². The molecule has 0 aliphatic carbocycles. The zero-order valence-electron chi connectivity index (χ0n) is 7.79. The van der Waals surface area contributed by atoms with Crippen LogP contribution in [0.5, 0.6) is 0 Å². The molecule has 0 atom stereocenters. The second-order valence-corrected chi connectivity index (χ2v) is 2.60. The molecule has 0 aromatic carbocycles. The molecule has 0 fully saturated rings. The van der Waals surface area contributed by atoms with E-state index in [0.717, 1.165) is 19.3 Å². The van der Waals surface area contributed by atoms with Crippen molar-refractivity contribution in [2.75, 3.05) is 19.8 Å². The van der Waals surface area contributed by atoms with Gasteiger partial charge in [0.25, 0.3) is 0 Å². The number of aliphatic hydroxyl groups excluding tert-OH is 1. The number of rotatable bonds is 7. The summed E-state index contributed by atoms with van der Waals surface area (Å²) in [5.74, 6) is 0. The quantitative estimate of drug-likeness (QED) is 0.463. The molecule has 0 unspecified atom stereocenters. The molecule has 0 spiro atoms. The fourth-order valence-electron chi connectivity index (χ4n) is 0.790. The van der Waals surface area contributed by atoms with Gasteiger partial charge in [-0.1, -0.05) is 12.7 Å². The van der Waals surface area contributed by atoms with Crippen LogP contribution in [0.3, 0.4) is 0 Å². The predicted molar refractivity (Wildman–Crippen MR) is 50.5 cm³/mol. The highest BCUT2D eigenvalue weighted by molar-refractivity contribution is 5.67. The molecule has 0 radical (unpaired) electrons. The lowest BCUT2D eigenvalue weighted by Gasteiger charge is -2.04. The van der Waals surface area contributed by atoms with E-state index in [1.165, 1.54) is 6.08 Å². The zero-order valence-corrected chi connectivity index (χ0v) is 7.79. The minimum absolute atomic E-state index is 0.209. The molecule has 0 aromatic rings. The molecule has 0 bridgehead atoms. The third kappa shape index (κ3) is 8.88. The Balaban J connectivity index is 3.12. The molecule has 0 aliphatic heterocycles. The largest absolute Gasteiger partial charge is 0.445 e. The monoisotopic (exact) mass is 187 g/mol. The predicted octanol–water partition coefficient (Wildman–Crippen LogP) is 1.06. The van der Waals surface area contributed by atoms with Crippen molar-refractivity contribution in [3.63, 3.8) is 0 Å². The van der Waals surface area contributed by atoms with E-state index in [2.05, 4.69) is 16.6 Å². The highest BCUT2D eigenvalue weighted by Gasteiger charge is 1.97. The van der Waals surface area contributed by atoms with Crippen molar-refractivity contribution in [3.8, 4) is 0 Å². The molecule has 4 nitrogen and oxygen atoms in total. The Hall–Kier alpha value is -1.03. The van der Waals surface area contributed by atoms with Crippen LogP contribution in [0.4, 0.5) is 4.79 Å². The number of hydrogen-bond donors (Lipinski definition) is 2. The molecular weight excluding hydrogens is 170 g/mol. The molecule has 2 N–H and O–H groups in total. The summed E-state index contributed by atoms with van der Waals surface area (Å²) >= 11 is 0. The lowest BCUT2D eigenvalue weighted by atomic mass is 10.2. The number of carbonyl (C=O) groups is 1. The van der Waals surface area contributed by atoms with E-state index >= 15 is 0 Å². The van der Waals surface area contributed by atoms with Gasteiger partial charge in [0, 0.05) is 13.2 Å². The summed E-state index contributed by atoms with van der Waals surface area (Å²) in [6, 6.07) is 0. The maximum atomic E-state index is 10.8. The molecule has 1 amide bonds. The van der Waals surface area contributed by atoms with Gasteiger partial charge in [-0.15, -0.1) is 0 Å². The maximum absolute atomic E-state index is 10.8. The van der Waals surface area contributed by atoms with Crippen molar-refractivity contribution < 1.29 is 14.6 Å². The van der Waals surface area contributed by atoms with E-state index in [-0.39, 0.29) is 13.2 Å². The Morgan fingerprint density at radius 1 is 1.46 bits per heavy atom. The molecule has 4 heteroatoms. The van der Waals surface area contributed by atoms with Gasteiger partial charge in [0.05, 0.1) is 0 Å². The molecule has 76 valence electrons. The summed E-state index contributed by atoms with van der Waals surface area (Å²) in [7, 11) is 0. The lowest BCUT2D eigenvalue weighted by Crippen LogP contribution is -2.25. The fourth-order valence-corrected chi connectivity index (χ4v) is 0.790. The van der Waals surface area contributed by atoms with Gasteiger partial charge in [0.1, 0.15) is 6.61 Å². The van der Waals surface area contributed by atoms with Crippen LogP contribution in [0.15, 0.2) is 12.7 Å². The number of aliphatic hydroxyl groups is 1. The summed E-state index contributed by atoms with van der Waals surface area (Å²) in [5.41, 5.74) is 0. The number of alkyl carbamates (subject to hydrolysis) is 1. The van der Waals surface area contributed by atoms with Crippen LogP contribution >= 0.6 is 0 Å². The van der Waals surface area contributed by atoms with Crippen molar-refractivity contribution in [1.82, 2.24) is 5.32 Å². The smallest absolute Gasteiger partial charge is 0.407 e. The van der Waals surface area contributed by atoms with Crippen LogP contribution in [-0.2, 0) is 4.74 Å². The first-order valence-corrected chi connectivity index (χ1v) is 4.43. The lowest BCUT2D eigenvalue weighted by molar-refractivity contribution is 0.158. The normalized spacial score (nSPS) is 9.31. The molecular formula is C9H17NO3.